The highest BCUT2D eigenvalue weighted by Gasteiger charge is 2.13. The Labute approximate surface area is 162 Å². The number of aromatic nitrogens is 5. The van der Waals surface area contributed by atoms with Gasteiger partial charge in [0.05, 0.1) is 31.1 Å². The maximum atomic E-state index is 13.7. The number of alkyl halides is 2. The van der Waals surface area contributed by atoms with Gasteiger partial charge in [0, 0.05) is 18.0 Å². The predicted octanol–water partition coefficient (Wildman–Crippen LogP) is 3.69. The summed E-state index contributed by atoms with van der Waals surface area (Å²) in [6.45, 7) is -2.77. The first-order valence-corrected chi connectivity index (χ1v) is 8.45. The van der Waals surface area contributed by atoms with Crippen molar-refractivity contribution in [2.24, 2.45) is 0 Å². The molecule has 1 aromatic carbocycles. The van der Waals surface area contributed by atoms with Crippen LogP contribution in [-0.2, 0) is 6.54 Å². The van der Waals surface area contributed by atoms with E-state index in [4.69, 9.17) is 4.74 Å². The number of benzene rings is 1. The Hall–Kier alpha value is -3.69. The molecule has 7 nitrogen and oxygen atoms in total. The fourth-order valence-electron chi connectivity index (χ4n) is 2.83. The Morgan fingerprint density at radius 3 is 2.72 bits per heavy atom. The summed E-state index contributed by atoms with van der Waals surface area (Å²) in [6.07, 6.45) is 4.74. The molecule has 0 spiro atoms. The van der Waals surface area contributed by atoms with Gasteiger partial charge in [0.1, 0.15) is 5.52 Å². The van der Waals surface area contributed by atoms with E-state index in [0.717, 1.165) is 6.07 Å². The van der Waals surface area contributed by atoms with Crippen molar-refractivity contribution in [1.82, 2.24) is 24.7 Å². The molecule has 10 heteroatoms. The van der Waals surface area contributed by atoms with Crippen molar-refractivity contribution in [3.05, 3.63) is 60.4 Å². The van der Waals surface area contributed by atoms with Gasteiger partial charge in [-0.1, -0.05) is 6.07 Å². The number of pyridine rings is 1. The van der Waals surface area contributed by atoms with Crippen molar-refractivity contribution < 1.29 is 22.6 Å². The summed E-state index contributed by atoms with van der Waals surface area (Å²) in [5, 5.41) is 4.32. The summed E-state index contributed by atoms with van der Waals surface area (Å²) < 4.78 is 49.6. The molecule has 0 fully saturated rings. The van der Waals surface area contributed by atoms with Crippen LogP contribution >= 0.6 is 0 Å². The standard InChI is InChI=1S/C19H14F3N5O2/c1-28-19-23-5-4-13(26-19)10-27-16-6-12(8-24-15(16)9-25-27)11-2-3-14(20)17(7-11)29-18(21)22/h2-9,18H,10H2,1H3. The summed E-state index contributed by atoms with van der Waals surface area (Å²) in [5.41, 5.74) is 3.09. The van der Waals surface area contributed by atoms with Crippen LogP contribution in [-0.4, -0.2) is 38.5 Å². The Morgan fingerprint density at radius 2 is 1.93 bits per heavy atom. The zero-order valence-electron chi connectivity index (χ0n) is 15.1. The summed E-state index contributed by atoms with van der Waals surface area (Å²) in [7, 11) is 1.48. The fraction of sp³-hybridized carbons (Fsp3) is 0.158. The molecule has 3 aromatic heterocycles. The monoisotopic (exact) mass is 401 g/mol. The molecule has 0 saturated carbocycles. The normalized spacial score (nSPS) is 11.2. The number of ether oxygens (including phenoxy) is 2. The largest absolute Gasteiger partial charge is 0.467 e. The summed E-state index contributed by atoms with van der Waals surface area (Å²) in [6, 6.07) is 7.51. The number of methoxy groups -OCH3 is 1. The third-order valence-electron chi connectivity index (χ3n) is 4.16. The zero-order valence-corrected chi connectivity index (χ0v) is 15.1. The smallest absolute Gasteiger partial charge is 0.387 e. The van der Waals surface area contributed by atoms with Crippen molar-refractivity contribution in [2.75, 3.05) is 7.11 Å². The van der Waals surface area contributed by atoms with Crippen molar-refractivity contribution in [3.63, 3.8) is 0 Å². The van der Waals surface area contributed by atoms with Crippen molar-refractivity contribution >= 4 is 11.0 Å². The molecule has 0 unspecified atom stereocenters. The molecular weight excluding hydrogens is 387 g/mol. The van der Waals surface area contributed by atoms with E-state index in [9.17, 15) is 13.2 Å². The van der Waals surface area contributed by atoms with E-state index in [1.807, 2.05) is 0 Å². The van der Waals surface area contributed by atoms with E-state index < -0.39 is 18.2 Å². The maximum absolute atomic E-state index is 13.7. The second kappa shape index (κ2) is 7.74. The number of hydrogen-bond acceptors (Lipinski definition) is 6. The minimum Gasteiger partial charge on any atom is -0.467 e. The van der Waals surface area contributed by atoms with Gasteiger partial charge >= 0.3 is 12.6 Å². The molecule has 0 aliphatic heterocycles. The van der Waals surface area contributed by atoms with Gasteiger partial charge in [0.2, 0.25) is 0 Å². The second-order valence-corrected chi connectivity index (χ2v) is 5.99. The second-order valence-electron chi connectivity index (χ2n) is 5.99. The Kier molecular flexibility index (Phi) is 4.98. The summed E-state index contributed by atoms with van der Waals surface area (Å²) in [5.74, 6) is -1.40. The minimum absolute atomic E-state index is 0.246. The van der Waals surface area contributed by atoms with E-state index in [2.05, 4.69) is 24.8 Å². The van der Waals surface area contributed by atoms with Crippen LogP contribution < -0.4 is 9.47 Å². The SMILES string of the molecule is COc1nccc(Cn2ncc3ncc(-c4ccc(F)c(OC(F)F)c4)cc32)n1. The van der Waals surface area contributed by atoms with Crippen LogP contribution in [0.4, 0.5) is 13.2 Å². The lowest BCUT2D eigenvalue weighted by Crippen LogP contribution is -2.05. The quantitative estimate of drug-likeness (QED) is 0.491. The molecule has 3 heterocycles. The molecule has 0 radical (unpaired) electrons. The highest BCUT2D eigenvalue weighted by molar-refractivity contribution is 5.80. The molecule has 0 N–H and O–H groups in total. The number of hydrogen-bond donors (Lipinski definition) is 0. The molecule has 148 valence electrons. The molecule has 0 atom stereocenters. The van der Waals surface area contributed by atoms with Crippen LogP contribution in [0.3, 0.4) is 0 Å². The topological polar surface area (TPSA) is 75.0 Å². The molecular formula is C19H14F3N5O2. The predicted molar refractivity (Wildman–Crippen MR) is 97.2 cm³/mol. The molecule has 0 bridgehead atoms. The van der Waals surface area contributed by atoms with Crippen LogP contribution in [0, 0.1) is 5.82 Å². The third-order valence-corrected chi connectivity index (χ3v) is 4.16. The van der Waals surface area contributed by atoms with Crippen LogP contribution in [0.2, 0.25) is 0 Å². The number of rotatable bonds is 6. The lowest BCUT2D eigenvalue weighted by Gasteiger charge is -2.09. The first-order chi connectivity index (χ1) is 14.0. The van der Waals surface area contributed by atoms with E-state index in [0.29, 0.717) is 34.4 Å². The molecule has 4 rings (SSSR count). The molecule has 0 saturated heterocycles. The third kappa shape index (κ3) is 3.96. The van der Waals surface area contributed by atoms with Gasteiger partial charge in [-0.3, -0.25) is 9.67 Å². The van der Waals surface area contributed by atoms with Gasteiger partial charge in [-0.25, -0.2) is 9.37 Å². The average Bonchev–Trinajstić information content (AvgIpc) is 3.11. The highest BCUT2D eigenvalue weighted by atomic mass is 19.3. The highest BCUT2D eigenvalue weighted by Crippen LogP contribution is 2.29. The lowest BCUT2D eigenvalue weighted by atomic mass is 10.1. The number of nitrogens with zero attached hydrogens (tertiary/aromatic N) is 5. The van der Waals surface area contributed by atoms with E-state index in [1.54, 1.807) is 35.4 Å². The minimum atomic E-state index is -3.12. The van der Waals surface area contributed by atoms with E-state index >= 15 is 0 Å². The van der Waals surface area contributed by atoms with Gasteiger partial charge in [-0.05, 0) is 29.8 Å². The first-order valence-electron chi connectivity index (χ1n) is 8.45. The van der Waals surface area contributed by atoms with Crippen molar-refractivity contribution in [3.8, 4) is 22.9 Å². The van der Waals surface area contributed by atoms with Gasteiger partial charge < -0.3 is 9.47 Å². The Bertz CT molecular complexity index is 1170. The first kappa shape index (κ1) is 18.7. The summed E-state index contributed by atoms with van der Waals surface area (Å²) in [4.78, 5) is 12.6. The van der Waals surface area contributed by atoms with Crippen molar-refractivity contribution in [1.29, 1.82) is 0 Å². The fourth-order valence-corrected chi connectivity index (χ4v) is 2.83. The zero-order chi connectivity index (χ0) is 20.4. The Morgan fingerprint density at radius 1 is 1.07 bits per heavy atom. The molecule has 4 aromatic rings. The van der Waals surface area contributed by atoms with E-state index in [1.165, 1.54) is 19.2 Å². The van der Waals surface area contributed by atoms with E-state index in [-0.39, 0.29) is 6.01 Å². The number of halogens is 3. The molecule has 0 amide bonds. The van der Waals surface area contributed by atoms with Crippen LogP contribution in [0.5, 0.6) is 11.8 Å². The van der Waals surface area contributed by atoms with Crippen LogP contribution in [0.25, 0.3) is 22.2 Å². The number of fused-ring (bicyclic) bond motifs is 1. The molecule has 0 aliphatic rings. The van der Waals surface area contributed by atoms with Gasteiger partial charge in [-0.2, -0.15) is 18.9 Å². The van der Waals surface area contributed by atoms with Gasteiger partial charge in [0.25, 0.3) is 0 Å². The molecule has 29 heavy (non-hydrogen) atoms. The van der Waals surface area contributed by atoms with Crippen LogP contribution in [0.15, 0.2) is 48.9 Å². The summed E-state index contributed by atoms with van der Waals surface area (Å²) >= 11 is 0. The van der Waals surface area contributed by atoms with Crippen molar-refractivity contribution in [2.45, 2.75) is 13.2 Å². The maximum Gasteiger partial charge on any atom is 0.387 e. The average molecular weight is 401 g/mol. The van der Waals surface area contributed by atoms with Gasteiger partial charge in [0.15, 0.2) is 11.6 Å². The van der Waals surface area contributed by atoms with Crippen LogP contribution in [0.1, 0.15) is 5.69 Å². The lowest BCUT2D eigenvalue weighted by molar-refractivity contribution is -0.0521. The Balaban J connectivity index is 1.70. The van der Waals surface area contributed by atoms with Gasteiger partial charge in [-0.15, -0.1) is 0 Å². The molecule has 0 aliphatic carbocycles.